The summed E-state index contributed by atoms with van der Waals surface area (Å²) in [5.41, 5.74) is 3.43. The zero-order valence-corrected chi connectivity index (χ0v) is 25.5. The zero-order valence-electron chi connectivity index (χ0n) is 22.6. The van der Waals surface area contributed by atoms with Crippen molar-refractivity contribution in [3.8, 4) is 0 Å². The molecule has 0 unspecified atom stereocenters. The van der Waals surface area contributed by atoms with Crippen molar-refractivity contribution in [3.63, 3.8) is 0 Å². The highest BCUT2D eigenvalue weighted by atomic mass is 127. The lowest BCUT2D eigenvalue weighted by Crippen LogP contribution is -3.62. The molecule has 0 atom stereocenters. The van der Waals surface area contributed by atoms with Crippen LogP contribution in [0.1, 0.15) is 84.8 Å². The Morgan fingerprint density at radius 3 is 1.39 bits per heavy atom. The second-order valence-corrected chi connectivity index (χ2v) is 16.2. The maximum absolute atomic E-state index is 13.3. The first-order valence-electron chi connectivity index (χ1n) is 12.4. The third kappa shape index (κ3) is 7.27. The van der Waals surface area contributed by atoms with Gasteiger partial charge >= 0.3 is 33.3 Å². The number of alkyl halides is 5. The van der Waals surface area contributed by atoms with E-state index >= 15 is 0 Å². The molecule has 3 rings (SSSR count). The Bertz CT molecular complexity index is 1130. The van der Waals surface area contributed by atoms with Gasteiger partial charge in [0, 0.05) is 11.1 Å². The molecule has 2 aromatic rings. The molecule has 1 fully saturated rings. The maximum atomic E-state index is 13.3. The average molecular weight is 675 g/mol. The van der Waals surface area contributed by atoms with Crippen molar-refractivity contribution in [2.75, 3.05) is 0 Å². The lowest BCUT2D eigenvalue weighted by Gasteiger charge is -2.44. The van der Waals surface area contributed by atoms with Crippen molar-refractivity contribution in [3.05, 3.63) is 66.8 Å². The summed E-state index contributed by atoms with van der Waals surface area (Å²) < 4.78 is 95.4. The summed E-state index contributed by atoms with van der Waals surface area (Å²) in [6.45, 7) is 13.9. The second-order valence-electron chi connectivity index (χ2n) is 11.6. The Balaban J connectivity index is 0.000000273. The summed E-state index contributed by atoms with van der Waals surface area (Å²) in [4.78, 5) is 0. The van der Waals surface area contributed by atoms with Gasteiger partial charge in [-0.25, -0.2) is 8.42 Å². The van der Waals surface area contributed by atoms with E-state index in [1.807, 2.05) is 0 Å². The Morgan fingerprint density at radius 1 is 0.711 bits per heavy atom. The second kappa shape index (κ2) is 11.7. The molecule has 0 aliphatic heterocycles. The van der Waals surface area contributed by atoms with Gasteiger partial charge in [-0.1, -0.05) is 97.2 Å². The van der Waals surface area contributed by atoms with E-state index in [1.165, 1.54) is 11.1 Å². The predicted molar refractivity (Wildman–Crippen MR) is 134 cm³/mol. The molecule has 38 heavy (non-hydrogen) atoms. The first kappa shape index (κ1) is 32.9. The lowest BCUT2D eigenvalue weighted by molar-refractivity contribution is -0.599. The van der Waals surface area contributed by atoms with E-state index in [2.05, 4.69) is 90.1 Å². The molecule has 0 aromatic heterocycles. The lowest BCUT2D eigenvalue weighted by atomic mass is 9.83. The number of halogens is 6. The summed E-state index contributed by atoms with van der Waals surface area (Å²) in [6.07, 6.45) is -7.87. The third-order valence-corrected chi connectivity index (χ3v) is 11.3. The molecule has 1 saturated carbocycles. The molecular formula is C28H36F5IO3S. The van der Waals surface area contributed by atoms with Crippen LogP contribution >= 0.6 is 0 Å². The number of hydrogen-bond donors (Lipinski definition) is 0. The molecule has 10 heteroatoms. The molecule has 0 spiro atoms. The molecule has 0 heterocycles. The molecule has 2 aromatic carbocycles. The fourth-order valence-electron chi connectivity index (χ4n) is 4.52. The van der Waals surface area contributed by atoms with Gasteiger partial charge in [-0.15, -0.1) is 0 Å². The van der Waals surface area contributed by atoms with E-state index in [1.54, 1.807) is 7.14 Å². The van der Waals surface area contributed by atoms with E-state index in [4.69, 9.17) is 0 Å². The zero-order chi connectivity index (χ0) is 29.2. The highest BCUT2D eigenvalue weighted by Gasteiger charge is 2.72. The smallest absolute Gasteiger partial charge is 0.454 e. The highest BCUT2D eigenvalue weighted by Crippen LogP contribution is 2.53. The van der Waals surface area contributed by atoms with Crippen LogP contribution < -0.4 is 21.2 Å². The average Bonchev–Trinajstić information content (AvgIpc) is 2.78. The minimum absolute atomic E-state index is 0.132. The van der Waals surface area contributed by atoms with E-state index in [9.17, 15) is 34.9 Å². The monoisotopic (exact) mass is 674 g/mol. The van der Waals surface area contributed by atoms with Crippen LogP contribution in [-0.2, 0) is 20.9 Å². The Labute approximate surface area is 233 Å². The van der Waals surface area contributed by atoms with Crippen molar-refractivity contribution < 1.29 is 56.1 Å². The first-order valence-corrected chi connectivity index (χ1v) is 16.0. The fourth-order valence-corrected chi connectivity index (χ4v) is 9.69. The minimum atomic E-state index is -6.04. The summed E-state index contributed by atoms with van der Waals surface area (Å²) in [6, 6.07) is 18.0. The van der Waals surface area contributed by atoms with E-state index in [-0.39, 0.29) is 44.9 Å². The summed E-state index contributed by atoms with van der Waals surface area (Å²) in [7, 11) is -5.75. The number of rotatable bonds is 4. The van der Waals surface area contributed by atoms with Crippen LogP contribution in [-0.4, -0.2) is 29.8 Å². The van der Waals surface area contributed by atoms with Crippen molar-refractivity contribution in [2.45, 2.75) is 101 Å². The standard InChI is InChI=1S/C20H26I.C8H11F5O3S/c1-19(2,3)15-11-7-9-13-17(15)21-18-14-10-8-12-16(18)20(4,5)6;9-7(10,8(11,12)13)6(17(14,15)16)4-2-1-3-5-6/h7-14H,1-6H3;1-5H2,(H,14,15,16)/q+1;/p-1. The SMILES string of the molecule is CC(C)(C)c1ccccc1[I+]c1ccccc1C(C)(C)C.O=S(=O)([O-])C1(C(F)(F)C(F)(F)F)CCCCC1. The van der Waals surface area contributed by atoms with E-state index < -0.39 is 39.8 Å². The fraction of sp³-hybridized carbons (Fsp3) is 0.571. The Morgan fingerprint density at radius 2 is 1.08 bits per heavy atom. The molecule has 1 aliphatic carbocycles. The van der Waals surface area contributed by atoms with Crippen molar-refractivity contribution in [1.82, 2.24) is 0 Å². The predicted octanol–water partition coefficient (Wildman–Crippen LogP) is 4.84. The highest BCUT2D eigenvalue weighted by molar-refractivity contribution is 7.87. The summed E-state index contributed by atoms with van der Waals surface area (Å²) in [5, 5.41) is 0. The number of hydrogen-bond acceptors (Lipinski definition) is 3. The quantitative estimate of drug-likeness (QED) is 0.265. The molecule has 0 N–H and O–H groups in total. The minimum Gasteiger partial charge on any atom is -0.747 e. The van der Waals surface area contributed by atoms with Crippen molar-refractivity contribution in [1.29, 1.82) is 0 Å². The van der Waals surface area contributed by atoms with Crippen LogP contribution in [0.2, 0.25) is 0 Å². The van der Waals surface area contributed by atoms with E-state index in [0.717, 1.165) is 0 Å². The normalized spacial score (nSPS) is 16.9. The van der Waals surface area contributed by atoms with Crippen LogP contribution in [0.15, 0.2) is 48.5 Å². The van der Waals surface area contributed by atoms with Gasteiger partial charge < -0.3 is 4.55 Å². The van der Waals surface area contributed by atoms with Gasteiger partial charge in [-0.3, -0.25) is 0 Å². The molecule has 1 aliphatic rings. The van der Waals surface area contributed by atoms with Crippen molar-refractivity contribution in [2.24, 2.45) is 0 Å². The van der Waals surface area contributed by atoms with Gasteiger partial charge in [-0.05, 0) is 35.8 Å². The van der Waals surface area contributed by atoms with Crippen LogP contribution in [0.4, 0.5) is 22.0 Å². The Kier molecular flexibility index (Phi) is 10.1. The van der Waals surface area contributed by atoms with E-state index in [0.29, 0.717) is 6.42 Å². The molecular weight excluding hydrogens is 638 g/mol. The third-order valence-electron chi connectivity index (χ3n) is 6.64. The maximum Gasteiger partial charge on any atom is 0.454 e. The van der Waals surface area contributed by atoms with Gasteiger partial charge in [0.25, 0.3) is 0 Å². The van der Waals surface area contributed by atoms with Crippen molar-refractivity contribution >= 4 is 10.1 Å². The van der Waals surface area contributed by atoms with Gasteiger partial charge in [0.1, 0.15) is 14.9 Å². The first-order chi connectivity index (χ1) is 17.2. The summed E-state index contributed by atoms with van der Waals surface area (Å²) in [5.74, 6) is -5.51. The molecule has 3 nitrogen and oxygen atoms in total. The molecule has 0 saturated heterocycles. The van der Waals surface area contributed by atoms with Gasteiger partial charge in [0.05, 0.1) is 0 Å². The van der Waals surface area contributed by atoms with Crippen LogP contribution in [0.5, 0.6) is 0 Å². The topological polar surface area (TPSA) is 57.2 Å². The largest absolute Gasteiger partial charge is 0.747 e. The number of benzene rings is 2. The van der Waals surface area contributed by atoms with Gasteiger partial charge in [0.15, 0.2) is 7.14 Å². The van der Waals surface area contributed by atoms with Crippen LogP contribution in [0, 0.1) is 7.14 Å². The van der Waals surface area contributed by atoms with Gasteiger partial charge in [0.2, 0.25) is 0 Å². The molecule has 0 radical (unpaired) electrons. The summed E-state index contributed by atoms with van der Waals surface area (Å²) >= 11 is -0.147. The Hall–Kier alpha value is -1.27. The van der Waals surface area contributed by atoms with Gasteiger partial charge in [-0.2, -0.15) is 22.0 Å². The molecule has 0 amide bonds. The van der Waals surface area contributed by atoms with Crippen LogP contribution in [0.25, 0.3) is 0 Å². The molecule has 0 bridgehead atoms. The molecule has 214 valence electrons. The van der Waals surface area contributed by atoms with Crippen LogP contribution in [0.3, 0.4) is 0 Å².